The molecular formula is C11H12F2N2O2S. The Hall–Kier alpha value is -1.34. The highest BCUT2D eigenvalue weighted by Crippen LogP contribution is 2.30. The van der Waals surface area contributed by atoms with Crippen LogP contribution in [0.2, 0.25) is 0 Å². The number of alkyl halides is 2. The maximum absolute atomic E-state index is 12.5. The van der Waals surface area contributed by atoms with E-state index in [1.54, 1.807) is 0 Å². The zero-order chi connectivity index (χ0) is 13.0. The summed E-state index contributed by atoms with van der Waals surface area (Å²) in [6.45, 7) is -0.545. The predicted octanol–water partition coefficient (Wildman–Crippen LogP) is 2.43. The largest absolute Gasteiger partial charge is 0.444 e. The molecule has 1 aromatic carbocycles. The third-order valence-electron chi connectivity index (χ3n) is 2.29. The quantitative estimate of drug-likeness (QED) is 0.856. The van der Waals surface area contributed by atoms with Crippen LogP contribution in [0.4, 0.5) is 13.6 Å². The average molecular weight is 274 g/mol. The van der Waals surface area contributed by atoms with Crippen molar-refractivity contribution < 1.29 is 18.3 Å². The molecule has 2 rings (SSSR count). The first-order valence-corrected chi connectivity index (χ1v) is 6.09. The number of rotatable bonds is 4. The zero-order valence-electron chi connectivity index (χ0n) is 9.44. The maximum Gasteiger partial charge on any atom is 0.418 e. The first-order valence-electron chi connectivity index (χ1n) is 5.32. The highest BCUT2D eigenvalue weighted by atomic mass is 32.2. The molecule has 0 unspecified atom stereocenters. The monoisotopic (exact) mass is 274 g/mol. The fraction of sp³-hybridized carbons (Fsp3) is 0.364. The molecular weight excluding hydrogens is 262 g/mol. The van der Waals surface area contributed by atoms with Gasteiger partial charge in [-0.15, -0.1) is 0 Å². The molecule has 0 bridgehead atoms. The zero-order valence-corrected chi connectivity index (χ0v) is 10.3. The molecule has 1 saturated heterocycles. The second-order valence-corrected chi connectivity index (χ2v) is 4.81. The Bertz CT molecular complexity index is 409. The summed E-state index contributed by atoms with van der Waals surface area (Å²) >= 11 is 0.838. The minimum absolute atomic E-state index is 0.156. The standard InChI is InChI=1S/C11H12F2N2O2S/c12-11(13)7-15(8-11)18-14-10(16)17-6-9-4-2-1-3-5-9/h1-5H,6-8H2,(H,14,16). The van der Waals surface area contributed by atoms with E-state index in [9.17, 15) is 13.6 Å². The maximum atomic E-state index is 12.5. The van der Waals surface area contributed by atoms with E-state index in [4.69, 9.17) is 4.74 Å². The molecule has 0 aromatic heterocycles. The lowest BCUT2D eigenvalue weighted by Crippen LogP contribution is -2.53. The van der Waals surface area contributed by atoms with Gasteiger partial charge >= 0.3 is 6.09 Å². The number of carbonyl (C=O) groups excluding carboxylic acids is 1. The van der Waals surface area contributed by atoms with Crippen LogP contribution in [0, 0.1) is 0 Å². The van der Waals surface area contributed by atoms with Crippen molar-refractivity contribution in [2.75, 3.05) is 13.1 Å². The number of nitrogens with one attached hydrogen (secondary N) is 1. The number of hydrogen-bond acceptors (Lipinski definition) is 4. The summed E-state index contributed by atoms with van der Waals surface area (Å²) in [4.78, 5) is 11.3. The van der Waals surface area contributed by atoms with Crippen molar-refractivity contribution in [3.05, 3.63) is 35.9 Å². The van der Waals surface area contributed by atoms with Crippen molar-refractivity contribution in [2.24, 2.45) is 0 Å². The van der Waals surface area contributed by atoms with E-state index in [1.807, 2.05) is 30.3 Å². The number of benzene rings is 1. The molecule has 0 saturated carbocycles. The lowest BCUT2D eigenvalue weighted by atomic mass is 10.2. The first kappa shape index (κ1) is 13.1. The topological polar surface area (TPSA) is 41.6 Å². The van der Waals surface area contributed by atoms with Crippen molar-refractivity contribution in [1.29, 1.82) is 0 Å². The van der Waals surface area contributed by atoms with Crippen LogP contribution in [-0.4, -0.2) is 29.4 Å². The molecule has 1 amide bonds. The molecule has 98 valence electrons. The molecule has 18 heavy (non-hydrogen) atoms. The Kier molecular flexibility index (Phi) is 4.03. The number of hydrogen-bond donors (Lipinski definition) is 1. The van der Waals surface area contributed by atoms with Crippen molar-refractivity contribution in [3.63, 3.8) is 0 Å². The van der Waals surface area contributed by atoms with Crippen molar-refractivity contribution in [1.82, 2.24) is 9.03 Å². The number of ether oxygens (including phenoxy) is 1. The van der Waals surface area contributed by atoms with Crippen molar-refractivity contribution >= 4 is 18.2 Å². The molecule has 1 fully saturated rings. The van der Waals surface area contributed by atoms with E-state index in [-0.39, 0.29) is 19.7 Å². The Balaban J connectivity index is 1.61. The summed E-state index contributed by atoms with van der Waals surface area (Å²) in [6, 6.07) is 9.21. The van der Waals surface area contributed by atoms with E-state index in [0.29, 0.717) is 0 Å². The summed E-state index contributed by atoms with van der Waals surface area (Å²) in [5.41, 5.74) is 0.869. The molecule has 4 nitrogen and oxygen atoms in total. The molecule has 0 atom stereocenters. The molecule has 0 spiro atoms. The Morgan fingerprint density at radius 2 is 2.06 bits per heavy atom. The van der Waals surface area contributed by atoms with Gasteiger partial charge in [0.1, 0.15) is 6.61 Å². The highest BCUT2D eigenvalue weighted by molar-refractivity contribution is 7.95. The van der Waals surface area contributed by atoms with Crippen LogP contribution >= 0.6 is 12.1 Å². The van der Waals surface area contributed by atoms with Crippen LogP contribution in [0.25, 0.3) is 0 Å². The fourth-order valence-corrected chi connectivity index (χ4v) is 2.16. The fourth-order valence-electron chi connectivity index (χ4n) is 1.39. The number of carbonyl (C=O) groups is 1. The van der Waals surface area contributed by atoms with E-state index >= 15 is 0 Å². The van der Waals surface area contributed by atoms with Gasteiger partial charge in [0.25, 0.3) is 5.92 Å². The van der Waals surface area contributed by atoms with Gasteiger partial charge in [0.05, 0.1) is 13.1 Å². The van der Waals surface area contributed by atoms with Crippen molar-refractivity contribution in [3.8, 4) is 0 Å². The smallest absolute Gasteiger partial charge is 0.418 e. The average Bonchev–Trinajstić information content (AvgIpc) is 2.32. The van der Waals surface area contributed by atoms with Gasteiger partial charge in [0, 0.05) is 12.1 Å². The lowest BCUT2D eigenvalue weighted by molar-refractivity contribution is -0.0907. The van der Waals surface area contributed by atoms with Gasteiger partial charge in [-0.05, 0) is 5.56 Å². The summed E-state index contributed by atoms with van der Waals surface area (Å²) in [5, 5.41) is 0. The van der Waals surface area contributed by atoms with E-state index in [0.717, 1.165) is 17.7 Å². The molecule has 1 aromatic rings. The second-order valence-electron chi connectivity index (χ2n) is 3.91. The molecule has 1 N–H and O–H groups in total. The molecule has 7 heteroatoms. The van der Waals surface area contributed by atoms with Crippen LogP contribution in [0.5, 0.6) is 0 Å². The Labute approximate surface area is 108 Å². The molecule has 1 aliphatic heterocycles. The summed E-state index contributed by atoms with van der Waals surface area (Å²) in [7, 11) is 0. The van der Waals surface area contributed by atoms with E-state index < -0.39 is 12.0 Å². The van der Waals surface area contributed by atoms with Gasteiger partial charge < -0.3 is 4.74 Å². The predicted molar refractivity (Wildman–Crippen MR) is 63.9 cm³/mol. The normalized spacial score (nSPS) is 17.9. The van der Waals surface area contributed by atoms with Crippen LogP contribution in [0.15, 0.2) is 30.3 Å². The Morgan fingerprint density at radius 3 is 2.67 bits per heavy atom. The van der Waals surface area contributed by atoms with Gasteiger partial charge in [0.15, 0.2) is 0 Å². The van der Waals surface area contributed by atoms with Crippen LogP contribution in [0.1, 0.15) is 5.56 Å². The SMILES string of the molecule is O=C(NSN1CC(F)(F)C1)OCc1ccccc1. The van der Waals surface area contributed by atoms with Crippen LogP contribution in [-0.2, 0) is 11.3 Å². The van der Waals surface area contributed by atoms with Gasteiger partial charge in [-0.25, -0.2) is 17.9 Å². The first-order chi connectivity index (χ1) is 8.55. The summed E-state index contributed by atoms with van der Waals surface area (Å²) in [6.07, 6.45) is -0.640. The molecule has 0 aliphatic carbocycles. The highest BCUT2D eigenvalue weighted by Gasteiger charge is 2.44. The van der Waals surface area contributed by atoms with Gasteiger partial charge in [0.2, 0.25) is 0 Å². The van der Waals surface area contributed by atoms with Crippen LogP contribution in [0.3, 0.4) is 0 Å². The third-order valence-corrected chi connectivity index (χ3v) is 3.06. The van der Waals surface area contributed by atoms with Gasteiger partial charge in [-0.3, -0.25) is 4.72 Å². The van der Waals surface area contributed by atoms with Crippen molar-refractivity contribution in [2.45, 2.75) is 12.5 Å². The third kappa shape index (κ3) is 3.85. The Morgan fingerprint density at radius 1 is 1.39 bits per heavy atom. The molecule has 0 radical (unpaired) electrons. The number of nitrogens with zero attached hydrogens (tertiary/aromatic N) is 1. The van der Waals surface area contributed by atoms with E-state index in [2.05, 4.69) is 4.72 Å². The van der Waals surface area contributed by atoms with Gasteiger partial charge in [-0.2, -0.15) is 0 Å². The summed E-state index contributed by atoms with van der Waals surface area (Å²) < 4.78 is 33.6. The van der Waals surface area contributed by atoms with Gasteiger partial charge in [-0.1, -0.05) is 30.3 Å². The second kappa shape index (κ2) is 5.53. The minimum atomic E-state index is -2.64. The molecule has 1 heterocycles. The summed E-state index contributed by atoms with van der Waals surface area (Å²) in [5.74, 6) is -2.64. The lowest BCUT2D eigenvalue weighted by Gasteiger charge is -2.36. The molecule has 1 aliphatic rings. The van der Waals surface area contributed by atoms with Crippen LogP contribution < -0.4 is 4.72 Å². The van der Waals surface area contributed by atoms with E-state index in [1.165, 1.54) is 4.31 Å². The minimum Gasteiger partial charge on any atom is -0.444 e. The number of amides is 1. The number of halogens is 2.